The Morgan fingerprint density at radius 1 is 1.06 bits per heavy atom. The molecule has 0 spiro atoms. The first-order valence-corrected chi connectivity index (χ1v) is 5.48. The second-order valence-corrected chi connectivity index (χ2v) is 3.97. The van der Waals surface area contributed by atoms with Crippen molar-refractivity contribution in [3.05, 3.63) is 65.7 Å². The maximum absolute atomic E-state index is 8.89. The summed E-state index contributed by atoms with van der Waals surface area (Å²) in [6, 6.07) is 16.3. The summed E-state index contributed by atoms with van der Waals surface area (Å²) in [4.78, 5) is 0. The van der Waals surface area contributed by atoms with E-state index < -0.39 is 0 Å². The van der Waals surface area contributed by atoms with Crippen LogP contribution in [0.4, 0.5) is 0 Å². The van der Waals surface area contributed by atoms with Gasteiger partial charge in [-0.15, -0.1) is 0 Å². The van der Waals surface area contributed by atoms with Gasteiger partial charge in [-0.05, 0) is 35.2 Å². The van der Waals surface area contributed by atoms with Gasteiger partial charge in [-0.2, -0.15) is 5.26 Å². The summed E-state index contributed by atoms with van der Waals surface area (Å²) in [5.41, 5.74) is 5.15. The Bertz CT molecular complexity index is 586. The highest BCUT2D eigenvalue weighted by atomic mass is 14.2. The van der Waals surface area contributed by atoms with Gasteiger partial charge < -0.3 is 0 Å². The second kappa shape index (κ2) is 4.67. The summed E-state index contributed by atoms with van der Waals surface area (Å²) in [6.45, 7) is 5.69. The molecule has 0 unspecified atom stereocenters. The van der Waals surface area contributed by atoms with Crippen LogP contribution >= 0.6 is 0 Å². The van der Waals surface area contributed by atoms with Crippen molar-refractivity contribution in [1.29, 1.82) is 5.26 Å². The highest BCUT2D eigenvalue weighted by molar-refractivity contribution is 5.67. The molecule has 2 aromatic rings. The lowest BCUT2D eigenvalue weighted by molar-refractivity contribution is 1.39. The first kappa shape index (κ1) is 11.2. The molecule has 17 heavy (non-hydrogen) atoms. The van der Waals surface area contributed by atoms with Crippen molar-refractivity contribution in [3.63, 3.8) is 0 Å². The van der Waals surface area contributed by atoms with Crippen molar-refractivity contribution in [2.45, 2.75) is 6.92 Å². The molecule has 2 rings (SSSR count). The molecule has 0 atom stereocenters. The largest absolute Gasteiger partial charge is 0.192 e. The lowest BCUT2D eigenvalue weighted by atomic mass is 9.99. The smallest absolute Gasteiger partial charge is 0.0994 e. The van der Waals surface area contributed by atoms with E-state index in [0.717, 1.165) is 27.8 Å². The predicted octanol–water partition coefficient (Wildman–Crippen LogP) is 4.18. The number of rotatable bonds is 2. The van der Waals surface area contributed by atoms with Crippen LogP contribution in [0.1, 0.15) is 16.7 Å². The summed E-state index contributed by atoms with van der Waals surface area (Å²) in [7, 11) is 0. The Labute approximate surface area is 102 Å². The van der Waals surface area contributed by atoms with E-state index in [4.69, 9.17) is 5.26 Å². The molecule has 0 aromatic heterocycles. The maximum atomic E-state index is 8.89. The minimum Gasteiger partial charge on any atom is -0.192 e. The molecule has 0 amide bonds. The summed E-state index contributed by atoms with van der Waals surface area (Å²) in [6.07, 6.45) is 1.83. The third kappa shape index (κ3) is 2.26. The fourth-order valence-corrected chi connectivity index (χ4v) is 1.78. The fourth-order valence-electron chi connectivity index (χ4n) is 1.78. The number of hydrogen-bond donors (Lipinski definition) is 0. The van der Waals surface area contributed by atoms with Gasteiger partial charge in [0.2, 0.25) is 0 Å². The van der Waals surface area contributed by atoms with Crippen LogP contribution < -0.4 is 0 Å². The summed E-state index contributed by atoms with van der Waals surface area (Å²) < 4.78 is 0. The zero-order chi connectivity index (χ0) is 12.3. The van der Waals surface area contributed by atoms with E-state index >= 15 is 0 Å². The summed E-state index contributed by atoms with van der Waals surface area (Å²) in [5, 5.41) is 8.89. The van der Waals surface area contributed by atoms with Crippen LogP contribution in [-0.2, 0) is 0 Å². The summed E-state index contributed by atoms with van der Waals surface area (Å²) in [5.74, 6) is 0. The molecule has 0 radical (unpaired) electrons. The number of benzene rings is 2. The lowest BCUT2D eigenvalue weighted by Crippen LogP contribution is -1.84. The zero-order valence-electron chi connectivity index (χ0n) is 9.77. The van der Waals surface area contributed by atoms with Gasteiger partial charge in [0.1, 0.15) is 0 Å². The normalized spacial score (nSPS) is 9.65. The van der Waals surface area contributed by atoms with Crippen LogP contribution in [0.2, 0.25) is 0 Å². The van der Waals surface area contributed by atoms with Crippen LogP contribution in [0.3, 0.4) is 0 Å². The second-order valence-electron chi connectivity index (χ2n) is 3.97. The van der Waals surface area contributed by atoms with Crippen LogP contribution in [0.25, 0.3) is 17.2 Å². The minimum atomic E-state index is 0.733. The van der Waals surface area contributed by atoms with Crippen LogP contribution in [0.5, 0.6) is 0 Å². The van der Waals surface area contributed by atoms with Crippen molar-refractivity contribution in [2.75, 3.05) is 0 Å². The first-order valence-electron chi connectivity index (χ1n) is 5.48. The van der Waals surface area contributed by atoms with Crippen molar-refractivity contribution >= 4 is 6.08 Å². The molecule has 2 aromatic carbocycles. The Morgan fingerprint density at radius 2 is 1.71 bits per heavy atom. The fraction of sp³-hybridized carbons (Fsp3) is 0.0625. The van der Waals surface area contributed by atoms with Crippen molar-refractivity contribution in [2.24, 2.45) is 0 Å². The number of aryl methyl sites for hydroxylation is 1. The third-order valence-electron chi connectivity index (χ3n) is 2.83. The van der Waals surface area contributed by atoms with E-state index in [1.54, 1.807) is 0 Å². The van der Waals surface area contributed by atoms with Gasteiger partial charge in [-0.1, -0.05) is 49.1 Å². The molecule has 0 saturated heterocycles. The average Bonchev–Trinajstić information content (AvgIpc) is 2.39. The van der Waals surface area contributed by atoms with E-state index in [1.807, 2.05) is 43.3 Å². The zero-order valence-corrected chi connectivity index (χ0v) is 9.77. The highest BCUT2D eigenvalue weighted by Crippen LogP contribution is 2.22. The molecule has 0 aliphatic carbocycles. The molecule has 0 aliphatic heterocycles. The van der Waals surface area contributed by atoms with Crippen LogP contribution in [0.15, 0.2) is 49.0 Å². The van der Waals surface area contributed by atoms with Gasteiger partial charge in [0.25, 0.3) is 0 Å². The van der Waals surface area contributed by atoms with Crippen LogP contribution in [-0.4, -0.2) is 0 Å². The van der Waals surface area contributed by atoms with Gasteiger partial charge >= 0.3 is 0 Å². The molecular weight excluding hydrogens is 206 g/mol. The Hall–Kier alpha value is -2.33. The van der Waals surface area contributed by atoms with Crippen molar-refractivity contribution in [1.82, 2.24) is 0 Å². The third-order valence-corrected chi connectivity index (χ3v) is 2.83. The summed E-state index contributed by atoms with van der Waals surface area (Å²) >= 11 is 0. The van der Waals surface area contributed by atoms with E-state index in [2.05, 4.69) is 24.8 Å². The van der Waals surface area contributed by atoms with E-state index in [9.17, 15) is 0 Å². The molecule has 0 heterocycles. The minimum absolute atomic E-state index is 0.733. The SMILES string of the molecule is C=Cc1ccc(-c2ccc(C#N)c(C)c2)cc1. The van der Waals surface area contributed by atoms with Gasteiger partial charge in [-0.25, -0.2) is 0 Å². The van der Waals surface area contributed by atoms with E-state index in [0.29, 0.717) is 0 Å². The van der Waals surface area contributed by atoms with Gasteiger partial charge in [0.05, 0.1) is 11.6 Å². The maximum Gasteiger partial charge on any atom is 0.0994 e. The number of hydrogen-bond acceptors (Lipinski definition) is 1. The van der Waals surface area contributed by atoms with E-state index in [-0.39, 0.29) is 0 Å². The van der Waals surface area contributed by atoms with Gasteiger partial charge in [-0.3, -0.25) is 0 Å². The Morgan fingerprint density at radius 3 is 2.24 bits per heavy atom. The van der Waals surface area contributed by atoms with Crippen LogP contribution in [0, 0.1) is 18.3 Å². The molecule has 0 N–H and O–H groups in total. The predicted molar refractivity (Wildman–Crippen MR) is 71.4 cm³/mol. The van der Waals surface area contributed by atoms with Gasteiger partial charge in [0, 0.05) is 0 Å². The monoisotopic (exact) mass is 219 g/mol. The number of nitriles is 1. The molecule has 82 valence electrons. The number of nitrogens with zero attached hydrogens (tertiary/aromatic N) is 1. The lowest BCUT2D eigenvalue weighted by Gasteiger charge is -2.04. The quantitative estimate of drug-likeness (QED) is 0.743. The van der Waals surface area contributed by atoms with Gasteiger partial charge in [0.15, 0.2) is 0 Å². The molecule has 0 saturated carbocycles. The molecule has 0 aliphatic rings. The molecular formula is C16H13N. The van der Waals surface area contributed by atoms with Crippen molar-refractivity contribution in [3.8, 4) is 17.2 Å². The van der Waals surface area contributed by atoms with E-state index in [1.165, 1.54) is 0 Å². The molecule has 0 fully saturated rings. The molecule has 1 heteroatoms. The highest BCUT2D eigenvalue weighted by Gasteiger charge is 2.01. The van der Waals surface area contributed by atoms with Crippen molar-refractivity contribution < 1.29 is 0 Å². The Balaban J connectivity index is 2.43. The molecule has 0 bridgehead atoms. The molecule has 1 nitrogen and oxygen atoms in total. The topological polar surface area (TPSA) is 23.8 Å². The average molecular weight is 219 g/mol. The Kier molecular flexibility index (Phi) is 3.07. The first-order chi connectivity index (χ1) is 8.24. The standard InChI is InChI=1S/C16H13N/c1-3-13-4-6-14(7-5-13)15-8-9-16(11-17)12(2)10-15/h3-10H,1H2,2H3.